The molecule has 3 rings (SSSR count). The van der Waals surface area contributed by atoms with E-state index < -0.39 is 0 Å². The van der Waals surface area contributed by atoms with Crippen LogP contribution in [0.3, 0.4) is 0 Å². The quantitative estimate of drug-likeness (QED) is 0.923. The normalized spacial score (nSPS) is 14.1. The average molecular weight is 337 g/mol. The second-order valence-corrected chi connectivity index (χ2v) is 6.29. The van der Waals surface area contributed by atoms with E-state index in [9.17, 15) is 9.59 Å². The number of hydrogen-bond acceptors (Lipinski definition) is 6. The van der Waals surface area contributed by atoms with E-state index in [1.807, 2.05) is 6.92 Å². The van der Waals surface area contributed by atoms with Crippen LogP contribution in [0.4, 0.5) is 4.79 Å². The van der Waals surface area contributed by atoms with Gasteiger partial charge in [-0.1, -0.05) is 0 Å². The van der Waals surface area contributed by atoms with Gasteiger partial charge in [0.05, 0.1) is 18.5 Å². The highest BCUT2D eigenvalue weighted by Gasteiger charge is 2.26. The fourth-order valence-electron chi connectivity index (χ4n) is 2.68. The zero-order valence-corrected chi connectivity index (χ0v) is 14.0. The lowest BCUT2D eigenvalue weighted by atomic mass is 10.1. The van der Waals surface area contributed by atoms with Gasteiger partial charge < -0.3 is 19.4 Å². The molecule has 2 aromatic rings. The first-order valence-electron chi connectivity index (χ1n) is 7.66. The maximum atomic E-state index is 12.4. The molecule has 1 N–H and O–H groups in total. The molecule has 8 heteroatoms. The molecule has 3 heterocycles. The molecule has 23 heavy (non-hydrogen) atoms. The maximum absolute atomic E-state index is 12.4. The van der Waals surface area contributed by atoms with Crippen molar-refractivity contribution in [1.29, 1.82) is 0 Å². The number of ether oxygens (including phenoxy) is 2. The van der Waals surface area contributed by atoms with Crippen molar-refractivity contribution < 1.29 is 14.3 Å². The molecule has 0 radical (unpaired) electrons. The van der Waals surface area contributed by atoms with Gasteiger partial charge in [-0.2, -0.15) is 0 Å². The van der Waals surface area contributed by atoms with Crippen LogP contribution in [0, 0.1) is 0 Å². The Hall–Kier alpha value is -1.93. The van der Waals surface area contributed by atoms with Gasteiger partial charge in [-0.15, -0.1) is 11.3 Å². The third kappa shape index (κ3) is 3.09. The van der Waals surface area contributed by atoms with Crippen molar-refractivity contribution in [2.75, 3.05) is 19.8 Å². The second-order valence-electron chi connectivity index (χ2n) is 5.20. The number of nitrogens with zero attached hydrogens (tertiary/aromatic N) is 2. The Kier molecular flexibility index (Phi) is 4.63. The SMILES string of the molecule is CCOCc1nc2sc3c(c2c(=O)[nH]1)CCN(C(=O)OCC)C3. The molecular weight excluding hydrogens is 318 g/mol. The van der Waals surface area contributed by atoms with E-state index in [1.54, 1.807) is 11.8 Å². The molecule has 1 aliphatic heterocycles. The van der Waals surface area contributed by atoms with E-state index in [1.165, 1.54) is 11.3 Å². The van der Waals surface area contributed by atoms with Crippen molar-refractivity contribution >= 4 is 27.6 Å². The molecular formula is C15H19N3O4S. The summed E-state index contributed by atoms with van der Waals surface area (Å²) in [6.45, 7) is 5.92. The largest absolute Gasteiger partial charge is 0.450 e. The molecule has 0 fully saturated rings. The third-order valence-corrected chi connectivity index (χ3v) is 4.84. The number of carbonyl (C=O) groups is 1. The van der Waals surface area contributed by atoms with E-state index >= 15 is 0 Å². The Bertz CT molecular complexity index is 783. The molecule has 1 amide bonds. The number of amides is 1. The van der Waals surface area contributed by atoms with Gasteiger partial charge in [-0.3, -0.25) is 4.79 Å². The summed E-state index contributed by atoms with van der Waals surface area (Å²) in [6.07, 6.45) is 0.332. The monoisotopic (exact) mass is 337 g/mol. The number of aromatic amines is 1. The summed E-state index contributed by atoms with van der Waals surface area (Å²) in [5.41, 5.74) is 0.869. The van der Waals surface area contributed by atoms with Crippen LogP contribution in [-0.2, 0) is 29.0 Å². The summed E-state index contributed by atoms with van der Waals surface area (Å²) in [5.74, 6) is 0.533. The lowest BCUT2D eigenvalue weighted by molar-refractivity contribution is 0.103. The summed E-state index contributed by atoms with van der Waals surface area (Å²) >= 11 is 1.46. The molecule has 0 saturated carbocycles. The van der Waals surface area contributed by atoms with Gasteiger partial charge in [-0.05, 0) is 25.8 Å². The molecule has 124 valence electrons. The summed E-state index contributed by atoms with van der Waals surface area (Å²) < 4.78 is 10.4. The third-order valence-electron chi connectivity index (χ3n) is 3.73. The number of aromatic nitrogens is 2. The fraction of sp³-hybridized carbons (Fsp3) is 0.533. The van der Waals surface area contributed by atoms with E-state index in [4.69, 9.17) is 9.47 Å². The minimum atomic E-state index is -0.311. The topological polar surface area (TPSA) is 84.5 Å². The lowest BCUT2D eigenvalue weighted by Gasteiger charge is -2.25. The smallest absolute Gasteiger partial charge is 0.410 e. The minimum absolute atomic E-state index is 0.133. The molecule has 0 aromatic carbocycles. The average Bonchev–Trinajstić information content (AvgIpc) is 2.90. The van der Waals surface area contributed by atoms with E-state index in [2.05, 4.69) is 9.97 Å². The van der Waals surface area contributed by atoms with E-state index in [0.717, 1.165) is 10.4 Å². The predicted octanol–water partition coefficient (Wildman–Crippen LogP) is 2.04. The summed E-state index contributed by atoms with van der Waals surface area (Å²) in [7, 11) is 0. The van der Waals surface area contributed by atoms with Crippen molar-refractivity contribution in [2.24, 2.45) is 0 Å². The Morgan fingerprint density at radius 3 is 2.96 bits per heavy atom. The first kappa shape index (κ1) is 15.9. The van der Waals surface area contributed by atoms with Gasteiger partial charge in [0, 0.05) is 18.0 Å². The summed E-state index contributed by atoms with van der Waals surface area (Å²) in [6, 6.07) is 0. The van der Waals surface area contributed by atoms with Crippen LogP contribution >= 0.6 is 11.3 Å². The molecule has 2 aromatic heterocycles. The Labute approximate surface area is 137 Å². The number of carbonyl (C=O) groups excluding carboxylic acids is 1. The molecule has 1 aliphatic rings. The number of H-pyrrole nitrogens is 1. The van der Waals surface area contributed by atoms with Gasteiger partial charge in [-0.25, -0.2) is 9.78 Å². The number of fused-ring (bicyclic) bond motifs is 3. The van der Waals surface area contributed by atoms with Crippen molar-refractivity contribution in [1.82, 2.24) is 14.9 Å². The highest BCUT2D eigenvalue weighted by atomic mass is 32.1. The van der Waals surface area contributed by atoms with Crippen LogP contribution in [0.2, 0.25) is 0 Å². The predicted molar refractivity (Wildman–Crippen MR) is 86.7 cm³/mol. The molecule has 0 aliphatic carbocycles. The Balaban J connectivity index is 1.93. The molecule has 7 nitrogen and oxygen atoms in total. The van der Waals surface area contributed by atoms with Crippen LogP contribution in [0.1, 0.15) is 30.1 Å². The van der Waals surface area contributed by atoms with Crippen molar-refractivity contribution in [2.45, 2.75) is 33.4 Å². The van der Waals surface area contributed by atoms with Gasteiger partial charge in [0.2, 0.25) is 0 Å². The first-order valence-corrected chi connectivity index (χ1v) is 8.48. The maximum Gasteiger partial charge on any atom is 0.410 e. The van der Waals surface area contributed by atoms with Gasteiger partial charge in [0.15, 0.2) is 0 Å². The molecule has 0 spiro atoms. The van der Waals surface area contributed by atoms with Gasteiger partial charge in [0.1, 0.15) is 17.3 Å². The van der Waals surface area contributed by atoms with Crippen LogP contribution in [-0.4, -0.2) is 40.7 Å². The van der Waals surface area contributed by atoms with Gasteiger partial charge >= 0.3 is 6.09 Å². The van der Waals surface area contributed by atoms with Gasteiger partial charge in [0.25, 0.3) is 5.56 Å². The number of nitrogens with one attached hydrogen (secondary N) is 1. The fourth-order valence-corrected chi connectivity index (χ4v) is 3.94. The molecule has 0 bridgehead atoms. The second kappa shape index (κ2) is 6.67. The van der Waals surface area contributed by atoms with Crippen molar-refractivity contribution in [3.8, 4) is 0 Å². The zero-order chi connectivity index (χ0) is 16.4. The number of hydrogen-bond donors (Lipinski definition) is 1. The first-order chi connectivity index (χ1) is 11.1. The molecule has 0 saturated heterocycles. The molecule has 0 unspecified atom stereocenters. The lowest BCUT2D eigenvalue weighted by Crippen LogP contribution is -2.36. The summed E-state index contributed by atoms with van der Waals surface area (Å²) in [5, 5.41) is 0.647. The highest BCUT2D eigenvalue weighted by molar-refractivity contribution is 7.18. The van der Waals surface area contributed by atoms with Crippen molar-refractivity contribution in [3.63, 3.8) is 0 Å². The molecule has 0 atom stereocenters. The number of thiophene rings is 1. The Morgan fingerprint density at radius 2 is 2.22 bits per heavy atom. The van der Waals surface area contributed by atoms with Crippen LogP contribution < -0.4 is 5.56 Å². The summed E-state index contributed by atoms with van der Waals surface area (Å²) in [4.78, 5) is 34.9. The van der Waals surface area contributed by atoms with Crippen LogP contribution in [0.5, 0.6) is 0 Å². The Morgan fingerprint density at radius 1 is 1.39 bits per heavy atom. The van der Waals surface area contributed by atoms with Crippen LogP contribution in [0.25, 0.3) is 10.2 Å². The van der Waals surface area contributed by atoms with Crippen LogP contribution in [0.15, 0.2) is 4.79 Å². The minimum Gasteiger partial charge on any atom is -0.450 e. The zero-order valence-electron chi connectivity index (χ0n) is 13.2. The van der Waals surface area contributed by atoms with Crippen molar-refractivity contribution in [3.05, 3.63) is 26.6 Å². The standard InChI is InChI=1S/C15H19N3O4S/c1-3-21-8-11-16-13(19)12-9-5-6-18(15(20)22-4-2)7-10(9)23-14(12)17-11/h3-8H2,1-2H3,(H,16,17,19). The highest BCUT2D eigenvalue weighted by Crippen LogP contribution is 2.32. The number of rotatable bonds is 4. The van der Waals surface area contributed by atoms with E-state index in [0.29, 0.717) is 55.4 Å². The van der Waals surface area contributed by atoms with E-state index in [-0.39, 0.29) is 11.7 Å².